The summed E-state index contributed by atoms with van der Waals surface area (Å²) in [5.41, 5.74) is 7.80. The van der Waals surface area contributed by atoms with Crippen molar-refractivity contribution in [2.75, 3.05) is 8.61 Å². The topological polar surface area (TPSA) is 130 Å². The number of nitrogens with zero attached hydrogens (tertiary/aromatic N) is 2. The van der Waals surface area contributed by atoms with Gasteiger partial charge in [0, 0.05) is 5.56 Å². The third-order valence-electron chi connectivity index (χ3n) is 4.53. The maximum absolute atomic E-state index is 12.2. The third-order valence-corrected chi connectivity index (χ3v) is 5.94. The van der Waals surface area contributed by atoms with Gasteiger partial charge in [-0.05, 0) is 56.3 Å². The van der Waals surface area contributed by atoms with Crippen LogP contribution in [0.3, 0.4) is 0 Å². The van der Waals surface area contributed by atoms with Crippen LogP contribution >= 0.6 is 0 Å². The molecule has 0 spiro atoms. The molecule has 162 valence electrons. The molecule has 1 amide bonds. The van der Waals surface area contributed by atoms with Crippen LogP contribution in [0.25, 0.3) is 0 Å². The number of hydrogen-bond acceptors (Lipinski definition) is 5. The smallest absolute Gasteiger partial charge is 0.248 e. The van der Waals surface area contributed by atoms with E-state index in [0.717, 1.165) is 19.7 Å². The SMILES string of the molecule is Cc1ccc(N(c2ccc(C(N)=O)cc2N(c2ccc(C)cc2)S(=O)[O-])S(=O)[O-])cc1. The number of rotatable bonds is 7. The van der Waals surface area contributed by atoms with Crippen LogP contribution in [-0.2, 0) is 22.5 Å². The van der Waals surface area contributed by atoms with Gasteiger partial charge in [0.25, 0.3) is 0 Å². The lowest BCUT2D eigenvalue weighted by atomic mass is 10.1. The summed E-state index contributed by atoms with van der Waals surface area (Å²) in [4.78, 5) is 11.8. The van der Waals surface area contributed by atoms with E-state index in [-0.39, 0.29) is 22.6 Å². The van der Waals surface area contributed by atoms with Crippen LogP contribution < -0.4 is 14.3 Å². The average molecular weight is 458 g/mol. The second-order valence-electron chi connectivity index (χ2n) is 6.76. The van der Waals surface area contributed by atoms with Crippen molar-refractivity contribution in [1.82, 2.24) is 0 Å². The van der Waals surface area contributed by atoms with Gasteiger partial charge in [-0.15, -0.1) is 0 Å². The van der Waals surface area contributed by atoms with E-state index in [4.69, 9.17) is 5.73 Å². The lowest BCUT2D eigenvalue weighted by Gasteiger charge is -2.34. The quantitative estimate of drug-likeness (QED) is 0.544. The monoisotopic (exact) mass is 457 g/mol. The summed E-state index contributed by atoms with van der Waals surface area (Å²) in [5.74, 6) is -0.779. The molecule has 2 unspecified atom stereocenters. The largest absolute Gasteiger partial charge is 0.755 e. The average Bonchev–Trinajstić information content (AvgIpc) is 2.71. The molecule has 2 N–H and O–H groups in total. The number of anilines is 4. The van der Waals surface area contributed by atoms with E-state index in [9.17, 15) is 22.3 Å². The molecular weight excluding hydrogens is 438 g/mol. The molecule has 0 radical (unpaired) electrons. The number of primary amides is 1. The molecule has 0 aliphatic carbocycles. The van der Waals surface area contributed by atoms with Crippen LogP contribution in [0.2, 0.25) is 0 Å². The predicted octanol–water partition coefficient (Wildman–Crippen LogP) is 3.27. The zero-order valence-corrected chi connectivity index (χ0v) is 18.3. The maximum atomic E-state index is 12.2. The van der Waals surface area contributed by atoms with Crippen molar-refractivity contribution in [3.05, 3.63) is 83.4 Å². The standard InChI is InChI=1S/C21H21N3O5S2/c1-14-3-8-17(9-4-14)23(30(26)27)19-12-7-16(21(22)25)13-20(19)24(31(28)29)18-10-5-15(2)6-11-18/h3-13H,1-2H3,(H2,22,25)(H,26,27)(H,28,29)/p-2. The number of amides is 1. The fourth-order valence-corrected chi connectivity index (χ4v) is 4.19. The number of nitrogens with two attached hydrogens (primary N) is 1. The predicted molar refractivity (Wildman–Crippen MR) is 119 cm³/mol. The molecule has 31 heavy (non-hydrogen) atoms. The van der Waals surface area contributed by atoms with Gasteiger partial charge in [-0.25, -0.2) is 0 Å². The van der Waals surface area contributed by atoms with Crippen molar-refractivity contribution < 1.29 is 22.3 Å². The molecule has 0 aliphatic heterocycles. The van der Waals surface area contributed by atoms with Crippen LogP contribution in [0.1, 0.15) is 21.5 Å². The molecular formula is C21H19N3O5S2-2. The van der Waals surface area contributed by atoms with Crippen molar-refractivity contribution in [3.8, 4) is 0 Å². The molecule has 8 nitrogen and oxygen atoms in total. The van der Waals surface area contributed by atoms with Crippen LogP contribution in [0.5, 0.6) is 0 Å². The Morgan fingerprint density at radius 1 is 0.742 bits per heavy atom. The summed E-state index contributed by atoms with van der Waals surface area (Å²) < 4.78 is 50.7. The minimum Gasteiger partial charge on any atom is -0.755 e. The normalized spacial score (nSPS) is 12.8. The third kappa shape index (κ3) is 5.00. The summed E-state index contributed by atoms with van der Waals surface area (Å²) in [6.45, 7) is 3.70. The van der Waals surface area contributed by atoms with E-state index in [1.165, 1.54) is 18.2 Å². The lowest BCUT2D eigenvalue weighted by Crippen LogP contribution is -2.26. The summed E-state index contributed by atoms with van der Waals surface area (Å²) in [6, 6.07) is 17.2. The Morgan fingerprint density at radius 2 is 1.16 bits per heavy atom. The van der Waals surface area contributed by atoms with Crippen LogP contribution in [0.15, 0.2) is 66.7 Å². The lowest BCUT2D eigenvalue weighted by molar-refractivity contribution is 0.100. The first-order chi connectivity index (χ1) is 14.7. The first kappa shape index (κ1) is 22.6. The van der Waals surface area contributed by atoms with E-state index in [2.05, 4.69) is 0 Å². The molecule has 3 rings (SSSR count). The van der Waals surface area contributed by atoms with E-state index in [1.807, 2.05) is 13.8 Å². The zero-order chi connectivity index (χ0) is 22.7. The van der Waals surface area contributed by atoms with Gasteiger partial charge in [-0.3, -0.25) is 21.8 Å². The van der Waals surface area contributed by atoms with Crippen LogP contribution in [0, 0.1) is 13.8 Å². The Labute approximate surface area is 185 Å². The number of carbonyl (C=O) groups excluding carboxylic acids is 1. The van der Waals surface area contributed by atoms with Crippen molar-refractivity contribution >= 4 is 51.2 Å². The molecule has 3 aromatic carbocycles. The highest BCUT2D eigenvalue weighted by Gasteiger charge is 2.22. The number of hydrogen-bond donors (Lipinski definition) is 1. The van der Waals surface area contributed by atoms with Gasteiger partial charge in [-0.1, -0.05) is 35.4 Å². The molecule has 0 fully saturated rings. The number of carbonyl (C=O) groups is 1. The van der Waals surface area contributed by atoms with Crippen molar-refractivity contribution in [3.63, 3.8) is 0 Å². The molecule has 10 heteroatoms. The summed E-state index contributed by atoms with van der Waals surface area (Å²) in [6.07, 6.45) is 0. The first-order valence-corrected chi connectivity index (χ1v) is 11.1. The van der Waals surface area contributed by atoms with Crippen LogP contribution in [0.4, 0.5) is 22.7 Å². The Balaban J connectivity index is 2.28. The van der Waals surface area contributed by atoms with E-state index < -0.39 is 28.4 Å². The highest BCUT2D eigenvalue weighted by molar-refractivity contribution is 7.81. The van der Waals surface area contributed by atoms with Gasteiger partial charge in [0.1, 0.15) is 0 Å². The van der Waals surface area contributed by atoms with Crippen LogP contribution in [-0.4, -0.2) is 23.4 Å². The Hall–Kier alpha value is -3.05. The number of benzene rings is 3. The van der Waals surface area contributed by atoms with Gasteiger partial charge < -0.3 is 14.8 Å². The first-order valence-electron chi connectivity index (χ1n) is 9.05. The summed E-state index contributed by atoms with van der Waals surface area (Å²) >= 11 is -5.62. The Kier molecular flexibility index (Phi) is 6.86. The molecule has 0 aliphatic rings. The van der Waals surface area contributed by atoms with Gasteiger partial charge in [0.15, 0.2) is 0 Å². The number of aryl methyl sites for hydroxylation is 2. The molecule has 0 heterocycles. The maximum Gasteiger partial charge on any atom is 0.248 e. The molecule has 0 aromatic heterocycles. The molecule has 0 saturated heterocycles. The minimum absolute atomic E-state index is 0.0295. The second kappa shape index (κ2) is 9.40. The van der Waals surface area contributed by atoms with E-state index >= 15 is 0 Å². The zero-order valence-electron chi connectivity index (χ0n) is 16.7. The Bertz CT molecular complexity index is 1150. The minimum atomic E-state index is -2.83. The van der Waals surface area contributed by atoms with Gasteiger partial charge in [0.05, 0.1) is 45.3 Å². The molecule has 2 atom stereocenters. The van der Waals surface area contributed by atoms with Crippen molar-refractivity contribution in [2.45, 2.75) is 13.8 Å². The van der Waals surface area contributed by atoms with E-state index in [1.54, 1.807) is 48.5 Å². The molecule has 0 saturated carbocycles. The summed E-state index contributed by atoms with van der Waals surface area (Å²) in [5, 5.41) is 0. The highest BCUT2D eigenvalue weighted by atomic mass is 32.2. The van der Waals surface area contributed by atoms with Crippen molar-refractivity contribution in [2.24, 2.45) is 5.73 Å². The fourth-order valence-electron chi connectivity index (χ4n) is 2.98. The van der Waals surface area contributed by atoms with Crippen molar-refractivity contribution in [1.29, 1.82) is 0 Å². The van der Waals surface area contributed by atoms with Gasteiger partial charge in [0.2, 0.25) is 5.91 Å². The molecule has 3 aromatic rings. The van der Waals surface area contributed by atoms with E-state index in [0.29, 0.717) is 5.69 Å². The fraction of sp³-hybridized carbons (Fsp3) is 0.0952. The summed E-state index contributed by atoms with van der Waals surface area (Å²) in [7, 11) is 0. The van der Waals surface area contributed by atoms with Gasteiger partial charge in [-0.2, -0.15) is 0 Å². The highest BCUT2D eigenvalue weighted by Crippen LogP contribution is 2.40. The Morgan fingerprint density at radius 3 is 1.55 bits per heavy atom. The second-order valence-corrected chi connectivity index (χ2v) is 8.36. The van der Waals surface area contributed by atoms with Gasteiger partial charge >= 0.3 is 0 Å². The molecule has 0 bridgehead atoms.